The van der Waals surface area contributed by atoms with Crippen molar-refractivity contribution in [1.82, 2.24) is 0 Å². The average Bonchev–Trinajstić information content (AvgIpc) is 3.14. The van der Waals surface area contributed by atoms with Crippen molar-refractivity contribution in [2.75, 3.05) is 6.61 Å². The Morgan fingerprint density at radius 3 is 2.21 bits per heavy atom. The lowest BCUT2D eigenvalue weighted by atomic mass is 9.91. The average molecular weight is 403 g/mol. The van der Waals surface area contributed by atoms with Crippen molar-refractivity contribution >= 4 is 11.6 Å². The largest absolute Gasteiger partial charge is 0.396 e. The topological polar surface area (TPSA) is 47.9 Å². The van der Waals surface area contributed by atoms with Crippen LogP contribution < -0.4 is 0 Å². The van der Waals surface area contributed by atoms with E-state index in [4.69, 9.17) is 25.8 Å². The van der Waals surface area contributed by atoms with Gasteiger partial charge in [-0.2, -0.15) is 0 Å². The van der Waals surface area contributed by atoms with Gasteiger partial charge in [0.25, 0.3) is 0 Å². The van der Waals surface area contributed by atoms with Gasteiger partial charge in [-0.15, -0.1) is 0 Å². The first-order valence-electron chi connectivity index (χ1n) is 9.92. The molecular weight excluding hydrogens is 376 g/mol. The van der Waals surface area contributed by atoms with Crippen LogP contribution in [-0.2, 0) is 20.6 Å². The third-order valence-electron chi connectivity index (χ3n) is 5.61. The van der Waals surface area contributed by atoms with Crippen LogP contribution in [0.25, 0.3) is 11.1 Å². The fourth-order valence-electron chi connectivity index (χ4n) is 4.23. The Morgan fingerprint density at radius 2 is 1.57 bits per heavy atom. The number of fused-ring (bicyclic) bond motifs is 1. The van der Waals surface area contributed by atoms with E-state index in [0.29, 0.717) is 6.42 Å². The number of halogens is 1. The van der Waals surface area contributed by atoms with Crippen molar-refractivity contribution in [2.45, 2.75) is 57.4 Å². The van der Waals surface area contributed by atoms with E-state index in [0.717, 1.165) is 23.4 Å². The predicted octanol–water partition coefficient (Wildman–Crippen LogP) is 4.81. The first-order chi connectivity index (χ1) is 13.4. The SMILES string of the molecule is CC1(C)O[C@H]2O[C@H](CCc3ccc(-c4ccc(Cl)cc4)cc3)[C@@H](CCO)[C@H]2O1. The van der Waals surface area contributed by atoms with E-state index in [1.165, 1.54) is 11.1 Å². The number of aliphatic hydroxyl groups excluding tert-OH is 1. The fourth-order valence-corrected chi connectivity index (χ4v) is 4.36. The number of hydrogen-bond acceptors (Lipinski definition) is 4. The second-order valence-corrected chi connectivity index (χ2v) is 8.50. The minimum absolute atomic E-state index is 0.0363. The lowest BCUT2D eigenvalue weighted by Crippen LogP contribution is -2.31. The first kappa shape index (κ1) is 19.9. The number of benzene rings is 2. The molecule has 2 fully saturated rings. The van der Waals surface area contributed by atoms with Gasteiger partial charge >= 0.3 is 0 Å². The highest BCUT2D eigenvalue weighted by atomic mass is 35.5. The van der Waals surface area contributed by atoms with Crippen LogP contribution in [-0.4, -0.2) is 36.0 Å². The van der Waals surface area contributed by atoms with Gasteiger partial charge in [0.1, 0.15) is 6.10 Å². The van der Waals surface area contributed by atoms with E-state index in [-0.39, 0.29) is 31.0 Å². The summed E-state index contributed by atoms with van der Waals surface area (Å²) in [6, 6.07) is 16.5. The molecule has 0 aliphatic carbocycles. The Labute approximate surface area is 171 Å². The van der Waals surface area contributed by atoms with Gasteiger partial charge in [0.15, 0.2) is 12.1 Å². The molecule has 4 rings (SSSR count). The number of aryl methyl sites for hydroxylation is 1. The zero-order valence-corrected chi connectivity index (χ0v) is 17.1. The Morgan fingerprint density at radius 1 is 0.929 bits per heavy atom. The van der Waals surface area contributed by atoms with Crippen molar-refractivity contribution in [3.63, 3.8) is 0 Å². The minimum Gasteiger partial charge on any atom is -0.396 e. The van der Waals surface area contributed by atoms with Crippen LogP contribution in [0.5, 0.6) is 0 Å². The zero-order valence-electron chi connectivity index (χ0n) is 16.3. The molecule has 2 aliphatic heterocycles. The molecule has 0 radical (unpaired) electrons. The van der Waals surface area contributed by atoms with Crippen molar-refractivity contribution < 1.29 is 19.3 Å². The van der Waals surface area contributed by atoms with Gasteiger partial charge in [0.2, 0.25) is 0 Å². The molecule has 2 heterocycles. The smallest absolute Gasteiger partial charge is 0.187 e. The van der Waals surface area contributed by atoms with Crippen LogP contribution in [0.1, 0.15) is 32.3 Å². The van der Waals surface area contributed by atoms with Crippen LogP contribution in [0.15, 0.2) is 48.5 Å². The quantitative estimate of drug-likeness (QED) is 0.752. The summed E-state index contributed by atoms with van der Waals surface area (Å²) in [6.45, 7) is 3.94. The van der Waals surface area contributed by atoms with Gasteiger partial charge in [0, 0.05) is 17.5 Å². The molecule has 150 valence electrons. The van der Waals surface area contributed by atoms with Crippen molar-refractivity contribution in [2.24, 2.45) is 5.92 Å². The summed E-state index contributed by atoms with van der Waals surface area (Å²) < 4.78 is 18.0. The van der Waals surface area contributed by atoms with E-state index in [1.807, 2.05) is 38.1 Å². The molecule has 0 saturated carbocycles. The molecule has 0 spiro atoms. The number of aliphatic hydroxyl groups is 1. The van der Waals surface area contributed by atoms with Crippen LogP contribution >= 0.6 is 11.6 Å². The summed E-state index contributed by atoms with van der Waals surface area (Å²) in [6.07, 6.45) is 2.07. The van der Waals surface area contributed by atoms with Gasteiger partial charge in [-0.25, -0.2) is 0 Å². The molecule has 1 N–H and O–H groups in total. The molecule has 5 heteroatoms. The van der Waals surface area contributed by atoms with Crippen LogP contribution in [0.3, 0.4) is 0 Å². The summed E-state index contributed by atoms with van der Waals surface area (Å²) in [5.41, 5.74) is 3.60. The van der Waals surface area contributed by atoms with Crippen LogP contribution in [0.2, 0.25) is 5.02 Å². The zero-order chi connectivity index (χ0) is 19.7. The van der Waals surface area contributed by atoms with E-state index < -0.39 is 5.79 Å². The highest BCUT2D eigenvalue weighted by Crippen LogP contribution is 2.43. The lowest BCUT2D eigenvalue weighted by molar-refractivity contribution is -0.211. The van der Waals surface area contributed by atoms with Crippen LogP contribution in [0, 0.1) is 5.92 Å². The molecule has 4 nitrogen and oxygen atoms in total. The highest BCUT2D eigenvalue weighted by Gasteiger charge is 2.53. The summed E-state index contributed by atoms with van der Waals surface area (Å²) in [7, 11) is 0. The molecule has 2 aromatic rings. The van der Waals surface area contributed by atoms with E-state index in [1.54, 1.807) is 0 Å². The van der Waals surface area contributed by atoms with Gasteiger partial charge in [-0.1, -0.05) is 48.0 Å². The second-order valence-electron chi connectivity index (χ2n) is 8.06. The van der Waals surface area contributed by atoms with E-state index >= 15 is 0 Å². The molecule has 2 aromatic carbocycles. The van der Waals surface area contributed by atoms with Crippen molar-refractivity contribution in [1.29, 1.82) is 0 Å². The van der Waals surface area contributed by atoms with Gasteiger partial charge < -0.3 is 19.3 Å². The summed E-state index contributed by atoms with van der Waals surface area (Å²) in [5, 5.41) is 10.2. The summed E-state index contributed by atoms with van der Waals surface area (Å²) >= 11 is 5.97. The Bertz CT molecular complexity index is 787. The maximum absolute atomic E-state index is 9.48. The maximum Gasteiger partial charge on any atom is 0.187 e. The lowest BCUT2D eigenvalue weighted by Gasteiger charge is -2.25. The van der Waals surface area contributed by atoms with Crippen LogP contribution in [0.4, 0.5) is 0 Å². The van der Waals surface area contributed by atoms with Crippen molar-refractivity contribution in [3.05, 3.63) is 59.1 Å². The molecule has 0 amide bonds. The van der Waals surface area contributed by atoms with Gasteiger partial charge in [-0.3, -0.25) is 0 Å². The molecule has 2 saturated heterocycles. The molecule has 4 atom stereocenters. The molecule has 0 bridgehead atoms. The molecular formula is C23H27ClO4. The standard InChI is InChI=1S/C23H27ClO4/c1-23(2)27-21-19(13-14-25)20(26-22(21)28-23)12-5-15-3-6-16(7-4-15)17-8-10-18(24)11-9-17/h3-4,6-11,19-22,25H,5,12-14H2,1-2H3/t19-,20-,21-,22-/m1/s1. The third-order valence-corrected chi connectivity index (χ3v) is 5.86. The minimum atomic E-state index is -0.620. The monoisotopic (exact) mass is 402 g/mol. The van der Waals surface area contributed by atoms with Gasteiger partial charge in [-0.05, 0) is 61.9 Å². The Hall–Kier alpha value is -1.43. The Balaban J connectivity index is 1.38. The number of hydrogen-bond donors (Lipinski definition) is 1. The van der Waals surface area contributed by atoms with E-state index in [9.17, 15) is 5.11 Å². The highest BCUT2D eigenvalue weighted by molar-refractivity contribution is 6.30. The fraction of sp³-hybridized carbons (Fsp3) is 0.478. The first-order valence-corrected chi connectivity index (χ1v) is 10.3. The maximum atomic E-state index is 9.48. The number of ether oxygens (including phenoxy) is 3. The molecule has 0 aromatic heterocycles. The normalized spacial score (nSPS) is 28.4. The second kappa shape index (κ2) is 8.13. The van der Waals surface area contributed by atoms with E-state index in [2.05, 4.69) is 24.3 Å². The molecule has 2 aliphatic rings. The molecule has 28 heavy (non-hydrogen) atoms. The third kappa shape index (κ3) is 4.27. The van der Waals surface area contributed by atoms with Gasteiger partial charge in [0.05, 0.1) is 6.10 Å². The predicted molar refractivity (Wildman–Crippen MR) is 109 cm³/mol. The summed E-state index contributed by atoms with van der Waals surface area (Å²) in [5.74, 6) is -0.462. The Kier molecular flexibility index (Phi) is 5.77. The van der Waals surface area contributed by atoms with Crippen molar-refractivity contribution in [3.8, 4) is 11.1 Å². The summed E-state index contributed by atoms with van der Waals surface area (Å²) in [4.78, 5) is 0. The number of rotatable bonds is 6. The molecule has 0 unspecified atom stereocenters.